The molecule has 0 unspecified atom stereocenters. The number of aliphatic hydroxyl groups is 1. The lowest BCUT2D eigenvalue weighted by Gasteiger charge is -2.39. The van der Waals surface area contributed by atoms with Gasteiger partial charge in [0.1, 0.15) is 11.6 Å². The highest BCUT2D eigenvalue weighted by Gasteiger charge is 2.34. The molecule has 0 radical (unpaired) electrons. The lowest BCUT2D eigenvalue weighted by atomic mass is 9.84. The van der Waals surface area contributed by atoms with Crippen LogP contribution in [0.3, 0.4) is 0 Å². The van der Waals surface area contributed by atoms with Crippen molar-refractivity contribution in [1.82, 2.24) is 9.97 Å². The van der Waals surface area contributed by atoms with Crippen LogP contribution in [-0.4, -0.2) is 41.4 Å². The van der Waals surface area contributed by atoms with Crippen LogP contribution in [-0.2, 0) is 5.60 Å². The average Bonchev–Trinajstić information content (AvgIpc) is 2.67. The predicted octanol–water partition coefficient (Wildman–Crippen LogP) is 2.10. The van der Waals surface area contributed by atoms with E-state index in [0.29, 0.717) is 37.2 Å². The molecule has 0 atom stereocenters. The Labute approximate surface area is 151 Å². The topological polar surface area (TPSA) is 87.6 Å². The third-order valence-electron chi connectivity index (χ3n) is 4.66. The lowest BCUT2D eigenvalue weighted by Crippen LogP contribution is -2.43. The summed E-state index contributed by atoms with van der Waals surface area (Å²) in [6.07, 6.45) is 7.48. The Hall–Kier alpha value is -2.80. The molecule has 0 spiro atoms. The standard InChI is InChI=1S/C19H22FN5O/c1-22-11-14(10-21)17-12-23-13-18(24-17)25-8-6-19(26,7-9-25)15-2-4-16(20)5-3-15/h2-5,10-13,26H,6-9,21H2,1H3/b14-10+,22-11?. The molecule has 7 heteroatoms. The number of piperidine rings is 1. The van der Waals surface area contributed by atoms with Crippen molar-refractivity contribution in [3.05, 3.63) is 59.9 Å². The predicted molar refractivity (Wildman–Crippen MR) is 100 cm³/mol. The SMILES string of the molecule is CN=C/C(=C\N)c1cncc(N2CCC(O)(c3ccc(F)cc3)CC2)n1. The maximum Gasteiger partial charge on any atom is 0.147 e. The minimum Gasteiger partial charge on any atom is -0.404 e. The second-order valence-electron chi connectivity index (χ2n) is 6.30. The van der Waals surface area contributed by atoms with Gasteiger partial charge in [0.15, 0.2) is 0 Å². The van der Waals surface area contributed by atoms with Crippen molar-refractivity contribution in [2.75, 3.05) is 25.0 Å². The number of allylic oxidation sites excluding steroid dienone is 1. The van der Waals surface area contributed by atoms with Crippen LogP contribution in [0.1, 0.15) is 24.1 Å². The highest BCUT2D eigenvalue weighted by molar-refractivity contribution is 6.08. The van der Waals surface area contributed by atoms with E-state index in [1.54, 1.807) is 37.8 Å². The first-order valence-corrected chi connectivity index (χ1v) is 8.45. The minimum absolute atomic E-state index is 0.304. The van der Waals surface area contributed by atoms with Crippen LogP contribution in [0.15, 0.2) is 47.9 Å². The second-order valence-corrected chi connectivity index (χ2v) is 6.30. The van der Waals surface area contributed by atoms with Gasteiger partial charge in [-0.2, -0.15) is 0 Å². The molecule has 1 aliphatic heterocycles. The highest BCUT2D eigenvalue weighted by Crippen LogP contribution is 2.34. The van der Waals surface area contributed by atoms with Crippen molar-refractivity contribution in [2.24, 2.45) is 10.7 Å². The normalized spacial score (nSPS) is 17.7. The van der Waals surface area contributed by atoms with E-state index in [9.17, 15) is 9.50 Å². The molecule has 2 aromatic rings. The summed E-state index contributed by atoms with van der Waals surface area (Å²) in [7, 11) is 1.67. The number of halogens is 1. The number of hydrogen-bond donors (Lipinski definition) is 2. The summed E-state index contributed by atoms with van der Waals surface area (Å²) >= 11 is 0. The summed E-state index contributed by atoms with van der Waals surface area (Å²) in [5.41, 5.74) is 6.77. The van der Waals surface area contributed by atoms with Crippen molar-refractivity contribution in [1.29, 1.82) is 0 Å². The molecular formula is C19H22FN5O. The van der Waals surface area contributed by atoms with Crippen LogP contribution in [0, 0.1) is 5.82 Å². The van der Waals surface area contributed by atoms with Crippen molar-refractivity contribution in [2.45, 2.75) is 18.4 Å². The quantitative estimate of drug-likeness (QED) is 0.820. The number of aromatic nitrogens is 2. The summed E-state index contributed by atoms with van der Waals surface area (Å²) in [6.45, 7) is 1.24. The molecule has 1 aromatic heterocycles. The molecule has 2 heterocycles. The van der Waals surface area contributed by atoms with Gasteiger partial charge in [-0.15, -0.1) is 0 Å². The zero-order chi connectivity index (χ0) is 18.6. The Morgan fingerprint density at radius 1 is 1.27 bits per heavy atom. The molecule has 0 saturated carbocycles. The zero-order valence-electron chi connectivity index (χ0n) is 14.6. The first-order valence-electron chi connectivity index (χ1n) is 8.45. The smallest absolute Gasteiger partial charge is 0.147 e. The van der Waals surface area contributed by atoms with E-state index in [1.165, 1.54) is 18.3 Å². The number of hydrogen-bond acceptors (Lipinski definition) is 6. The molecule has 1 aliphatic rings. The van der Waals surface area contributed by atoms with Gasteiger partial charge in [-0.3, -0.25) is 9.98 Å². The van der Waals surface area contributed by atoms with E-state index in [4.69, 9.17) is 5.73 Å². The van der Waals surface area contributed by atoms with Gasteiger partial charge in [-0.25, -0.2) is 9.37 Å². The van der Waals surface area contributed by atoms with Crippen molar-refractivity contribution in [3.8, 4) is 0 Å². The molecule has 136 valence electrons. The number of aliphatic imine (C=N–C) groups is 1. The maximum absolute atomic E-state index is 13.1. The van der Waals surface area contributed by atoms with E-state index < -0.39 is 5.60 Å². The van der Waals surface area contributed by atoms with Gasteiger partial charge >= 0.3 is 0 Å². The van der Waals surface area contributed by atoms with Gasteiger partial charge in [0.05, 0.1) is 23.7 Å². The van der Waals surface area contributed by atoms with Crippen LogP contribution in [0.4, 0.5) is 10.2 Å². The van der Waals surface area contributed by atoms with Gasteiger partial charge in [-0.05, 0) is 30.5 Å². The Morgan fingerprint density at radius 2 is 1.96 bits per heavy atom. The van der Waals surface area contributed by atoms with Gasteiger partial charge in [0.2, 0.25) is 0 Å². The van der Waals surface area contributed by atoms with Gasteiger partial charge in [0.25, 0.3) is 0 Å². The molecule has 0 aliphatic carbocycles. The molecule has 26 heavy (non-hydrogen) atoms. The van der Waals surface area contributed by atoms with Crippen LogP contribution in [0.5, 0.6) is 0 Å². The first kappa shape index (κ1) is 18.0. The summed E-state index contributed by atoms with van der Waals surface area (Å²) in [6, 6.07) is 6.05. The lowest BCUT2D eigenvalue weighted by molar-refractivity contribution is 0.0116. The monoisotopic (exact) mass is 355 g/mol. The Kier molecular flexibility index (Phi) is 5.27. The summed E-state index contributed by atoms with van der Waals surface area (Å²) in [5.74, 6) is 0.425. The van der Waals surface area contributed by atoms with Crippen LogP contribution < -0.4 is 10.6 Å². The Bertz CT molecular complexity index is 811. The van der Waals surface area contributed by atoms with Crippen LogP contribution in [0.2, 0.25) is 0 Å². The van der Waals surface area contributed by atoms with E-state index in [0.717, 1.165) is 11.4 Å². The first-order chi connectivity index (χ1) is 12.6. The van der Waals surface area contributed by atoms with Crippen LogP contribution in [0.25, 0.3) is 5.57 Å². The van der Waals surface area contributed by atoms with Gasteiger partial charge < -0.3 is 15.7 Å². The van der Waals surface area contributed by atoms with E-state index in [2.05, 4.69) is 19.9 Å². The van der Waals surface area contributed by atoms with E-state index >= 15 is 0 Å². The number of benzene rings is 1. The summed E-state index contributed by atoms with van der Waals surface area (Å²) in [4.78, 5) is 14.9. The number of nitrogens with two attached hydrogens (primary N) is 1. The molecule has 3 rings (SSSR count). The molecule has 1 saturated heterocycles. The van der Waals surface area contributed by atoms with E-state index in [-0.39, 0.29) is 5.82 Å². The summed E-state index contributed by atoms with van der Waals surface area (Å²) in [5, 5.41) is 10.9. The zero-order valence-corrected chi connectivity index (χ0v) is 14.6. The highest BCUT2D eigenvalue weighted by atomic mass is 19.1. The van der Waals surface area contributed by atoms with Crippen molar-refractivity contribution >= 4 is 17.6 Å². The Balaban J connectivity index is 1.75. The molecule has 0 amide bonds. The van der Waals surface area contributed by atoms with Gasteiger partial charge in [0, 0.05) is 38.1 Å². The third-order valence-corrected chi connectivity index (χ3v) is 4.66. The fraction of sp³-hybridized carbons (Fsp3) is 0.316. The fourth-order valence-corrected chi connectivity index (χ4v) is 3.14. The van der Waals surface area contributed by atoms with Crippen LogP contribution >= 0.6 is 0 Å². The largest absolute Gasteiger partial charge is 0.404 e. The molecule has 1 fully saturated rings. The maximum atomic E-state index is 13.1. The van der Waals surface area contributed by atoms with Crippen molar-refractivity contribution in [3.63, 3.8) is 0 Å². The fourth-order valence-electron chi connectivity index (χ4n) is 3.14. The molecule has 1 aromatic carbocycles. The van der Waals surface area contributed by atoms with Crippen molar-refractivity contribution < 1.29 is 9.50 Å². The molecular weight excluding hydrogens is 333 g/mol. The molecule has 3 N–H and O–H groups in total. The summed E-state index contributed by atoms with van der Waals surface area (Å²) < 4.78 is 13.1. The number of anilines is 1. The number of rotatable bonds is 4. The average molecular weight is 355 g/mol. The van der Waals surface area contributed by atoms with Gasteiger partial charge in [-0.1, -0.05) is 12.1 Å². The number of nitrogens with zero attached hydrogens (tertiary/aromatic N) is 4. The van der Waals surface area contributed by atoms with E-state index in [1.807, 2.05) is 0 Å². The third kappa shape index (κ3) is 3.72. The minimum atomic E-state index is -0.952. The Morgan fingerprint density at radius 3 is 2.58 bits per heavy atom. The molecule has 0 bridgehead atoms. The second kappa shape index (κ2) is 7.61. The molecule has 6 nitrogen and oxygen atoms in total.